The van der Waals surface area contributed by atoms with Crippen molar-refractivity contribution in [3.8, 4) is 0 Å². The quantitative estimate of drug-likeness (QED) is 0.529. The van der Waals surface area contributed by atoms with Crippen LogP contribution in [-0.2, 0) is 19.8 Å². The topological polar surface area (TPSA) is 29.2 Å². The van der Waals surface area contributed by atoms with Crippen molar-refractivity contribution in [1.82, 2.24) is 19.2 Å². The average molecular weight is 360 g/mol. The third-order valence-corrected chi connectivity index (χ3v) is 4.73. The molecule has 0 aliphatic heterocycles. The van der Waals surface area contributed by atoms with Crippen LogP contribution in [0.4, 0.5) is 5.69 Å². The zero-order valence-electron chi connectivity index (χ0n) is 15.9. The second-order valence-electron chi connectivity index (χ2n) is 6.77. The molecule has 0 bridgehead atoms. The molecule has 0 fully saturated rings. The van der Waals surface area contributed by atoms with Crippen LogP contribution >= 0.6 is 12.2 Å². The van der Waals surface area contributed by atoms with E-state index in [4.69, 9.17) is 12.2 Å². The van der Waals surface area contributed by atoms with Crippen LogP contribution in [0.5, 0.6) is 0 Å². The van der Waals surface area contributed by atoms with E-state index in [-0.39, 0.29) is 0 Å². The smallest absolute Gasteiger partial charge is 0.199 e. The van der Waals surface area contributed by atoms with Gasteiger partial charge < -0.3 is 9.47 Å². The van der Waals surface area contributed by atoms with Gasteiger partial charge in [0, 0.05) is 38.9 Å². The summed E-state index contributed by atoms with van der Waals surface area (Å²) in [5.41, 5.74) is 2.49. The fourth-order valence-corrected chi connectivity index (χ4v) is 2.99. The van der Waals surface area contributed by atoms with Gasteiger partial charge in [-0.05, 0) is 50.7 Å². The number of anilines is 1. The van der Waals surface area contributed by atoms with E-state index in [0.29, 0.717) is 19.3 Å². The van der Waals surface area contributed by atoms with Crippen LogP contribution in [0.3, 0.4) is 0 Å². The second-order valence-corrected chi connectivity index (χ2v) is 7.14. The first-order chi connectivity index (χ1) is 11.8. The van der Waals surface area contributed by atoms with Gasteiger partial charge in [0.25, 0.3) is 0 Å². The molecule has 1 aromatic heterocycles. The first kappa shape index (κ1) is 19.4. The Balaban J connectivity index is 2.18. The highest BCUT2D eigenvalue weighted by atomic mass is 32.1. The Morgan fingerprint density at radius 1 is 1.24 bits per heavy atom. The van der Waals surface area contributed by atoms with Crippen LogP contribution < -0.4 is 4.90 Å². The Morgan fingerprint density at radius 2 is 1.88 bits per heavy atom. The molecule has 0 amide bonds. The lowest BCUT2D eigenvalue weighted by molar-refractivity contribution is 0.153. The highest BCUT2D eigenvalue weighted by molar-refractivity contribution is 7.71. The molecule has 0 saturated heterocycles. The summed E-state index contributed by atoms with van der Waals surface area (Å²) in [7, 11) is 4.11. The summed E-state index contributed by atoms with van der Waals surface area (Å²) in [6.45, 7) is 12.4. The van der Waals surface area contributed by atoms with Gasteiger partial charge >= 0.3 is 0 Å². The predicted molar refractivity (Wildman–Crippen MR) is 107 cm³/mol. The first-order valence-corrected chi connectivity index (χ1v) is 8.99. The normalized spacial score (nSPS) is 11.3. The van der Waals surface area contributed by atoms with Gasteiger partial charge in [0.2, 0.25) is 0 Å². The van der Waals surface area contributed by atoms with E-state index in [1.54, 1.807) is 0 Å². The van der Waals surface area contributed by atoms with Gasteiger partial charge in [0.15, 0.2) is 4.77 Å². The van der Waals surface area contributed by atoms with Gasteiger partial charge in [-0.15, -0.1) is 6.58 Å². The van der Waals surface area contributed by atoms with E-state index < -0.39 is 0 Å². The van der Waals surface area contributed by atoms with Crippen molar-refractivity contribution < 1.29 is 0 Å². The van der Waals surface area contributed by atoms with Gasteiger partial charge in [-0.2, -0.15) is 5.10 Å². The molecular weight excluding hydrogens is 330 g/mol. The average Bonchev–Trinajstić information content (AvgIpc) is 2.82. The third kappa shape index (κ3) is 4.80. The SMILES string of the molecule is C=CCn1c(C)nn(CN(Cc2ccc(N(C)C)cc2)C(C)C)c1=S. The fourth-order valence-electron chi connectivity index (χ4n) is 2.68. The van der Waals surface area contributed by atoms with Crippen molar-refractivity contribution in [2.75, 3.05) is 19.0 Å². The van der Waals surface area contributed by atoms with Crippen LogP contribution in [0.15, 0.2) is 36.9 Å². The maximum absolute atomic E-state index is 5.58. The molecule has 2 aromatic rings. The van der Waals surface area contributed by atoms with Gasteiger partial charge in [0.05, 0.1) is 6.67 Å². The lowest BCUT2D eigenvalue weighted by atomic mass is 10.1. The van der Waals surface area contributed by atoms with Gasteiger partial charge in [-0.3, -0.25) is 4.90 Å². The van der Waals surface area contributed by atoms with E-state index in [9.17, 15) is 0 Å². The molecule has 0 atom stereocenters. The molecule has 6 heteroatoms. The zero-order valence-corrected chi connectivity index (χ0v) is 16.8. The third-order valence-electron chi connectivity index (χ3n) is 4.30. The van der Waals surface area contributed by atoms with Crippen molar-refractivity contribution in [2.45, 2.75) is 46.6 Å². The Hall–Kier alpha value is -1.92. The molecular formula is C19H29N5S. The van der Waals surface area contributed by atoms with Crippen molar-refractivity contribution in [2.24, 2.45) is 0 Å². The molecule has 0 aliphatic rings. The number of benzene rings is 1. The molecule has 1 aromatic carbocycles. The predicted octanol–water partition coefficient (Wildman–Crippen LogP) is 3.84. The summed E-state index contributed by atoms with van der Waals surface area (Å²) in [6, 6.07) is 9.07. The van der Waals surface area contributed by atoms with Gasteiger partial charge in [-0.1, -0.05) is 18.2 Å². The Kier molecular flexibility index (Phi) is 6.56. The van der Waals surface area contributed by atoms with E-state index in [0.717, 1.165) is 17.1 Å². The minimum Gasteiger partial charge on any atom is -0.378 e. The van der Waals surface area contributed by atoms with Crippen molar-refractivity contribution in [3.63, 3.8) is 0 Å². The van der Waals surface area contributed by atoms with Crippen LogP contribution in [0.25, 0.3) is 0 Å². The number of hydrogen-bond donors (Lipinski definition) is 0. The molecule has 136 valence electrons. The van der Waals surface area contributed by atoms with Gasteiger partial charge in [-0.25, -0.2) is 4.68 Å². The number of allylic oxidation sites excluding steroid dienone is 1. The molecule has 0 spiro atoms. The number of hydrogen-bond acceptors (Lipinski definition) is 4. The molecule has 0 aliphatic carbocycles. The van der Waals surface area contributed by atoms with Crippen molar-refractivity contribution in [1.29, 1.82) is 0 Å². The Labute approximate surface area is 156 Å². The molecule has 0 unspecified atom stereocenters. The number of rotatable bonds is 8. The Bertz CT molecular complexity index is 755. The summed E-state index contributed by atoms with van der Waals surface area (Å²) in [5.74, 6) is 0.920. The number of nitrogens with zero attached hydrogens (tertiary/aromatic N) is 5. The molecule has 0 saturated carbocycles. The van der Waals surface area contributed by atoms with Gasteiger partial charge in [0.1, 0.15) is 5.82 Å². The first-order valence-electron chi connectivity index (χ1n) is 8.59. The highest BCUT2D eigenvalue weighted by Gasteiger charge is 2.14. The van der Waals surface area contributed by atoms with E-state index in [2.05, 4.69) is 73.7 Å². The maximum Gasteiger partial charge on any atom is 0.199 e. The molecule has 0 radical (unpaired) electrons. The lowest BCUT2D eigenvalue weighted by Crippen LogP contribution is -2.33. The largest absolute Gasteiger partial charge is 0.378 e. The van der Waals surface area contributed by atoms with E-state index in [1.165, 1.54) is 11.3 Å². The van der Waals surface area contributed by atoms with Crippen LogP contribution in [0.2, 0.25) is 0 Å². The van der Waals surface area contributed by atoms with Crippen molar-refractivity contribution >= 4 is 17.9 Å². The summed E-state index contributed by atoms with van der Waals surface area (Å²) in [5, 5.41) is 4.61. The second kappa shape index (κ2) is 8.45. The maximum atomic E-state index is 5.58. The summed E-state index contributed by atoms with van der Waals surface area (Å²) in [4.78, 5) is 4.48. The molecule has 25 heavy (non-hydrogen) atoms. The molecule has 0 N–H and O–H groups in total. The van der Waals surface area contributed by atoms with Crippen LogP contribution in [-0.4, -0.2) is 39.4 Å². The number of aromatic nitrogens is 3. The fraction of sp³-hybridized carbons (Fsp3) is 0.474. The minimum absolute atomic E-state index is 0.389. The molecule has 2 rings (SSSR count). The van der Waals surface area contributed by atoms with Crippen LogP contribution in [0.1, 0.15) is 25.2 Å². The lowest BCUT2D eigenvalue weighted by Gasteiger charge is -2.26. The number of aryl methyl sites for hydroxylation is 1. The summed E-state index contributed by atoms with van der Waals surface area (Å²) in [6.07, 6.45) is 1.85. The Morgan fingerprint density at radius 3 is 2.40 bits per heavy atom. The monoisotopic (exact) mass is 359 g/mol. The van der Waals surface area contributed by atoms with Crippen molar-refractivity contribution in [3.05, 3.63) is 53.1 Å². The zero-order chi connectivity index (χ0) is 18.6. The van der Waals surface area contributed by atoms with E-state index >= 15 is 0 Å². The summed E-state index contributed by atoms with van der Waals surface area (Å²) < 4.78 is 4.65. The highest BCUT2D eigenvalue weighted by Crippen LogP contribution is 2.15. The molecule has 5 nitrogen and oxygen atoms in total. The summed E-state index contributed by atoms with van der Waals surface area (Å²) >= 11 is 5.58. The molecule has 1 heterocycles. The van der Waals surface area contributed by atoms with E-state index in [1.807, 2.05) is 22.2 Å². The van der Waals surface area contributed by atoms with Crippen LogP contribution in [0, 0.1) is 11.7 Å². The minimum atomic E-state index is 0.389. The standard InChI is InChI=1S/C19H29N5S/c1-7-12-23-16(4)20-24(19(23)25)14-22(15(2)3)13-17-8-10-18(11-9-17)21(5)6/h7-11,15H,1,12-14H2,2-6H3.